The highest BCUT2D eigenvalue weighted by Gasteiger charge is 2.43. The molecule has 0 bridgehead atoms. The Morgan fingerprint density at radius 2 is 2.00 bits per heavy atom. The van der Waals surface area contributed by atoms with Crippen LogP contribution in [0.5, 0.6) is 0 Å². The number of nitrogens with zero attached hydrogens (tertiary/aromatic N) is 1. The summed E-state index contributed by atoms with van der Waals surface area (Å²) in [6, 6.07) is 0.563. The van der Waals surface area contributed by atoms with Gasteiger partial charge < -0.3 is 10.6 Å². The van der Waals surface area contributed by atoms with Gasteiger partial charge in [-0.2, -0.15) is 0 Å². The highest BCUT2D eigenvalue weighted by molar-refractivity contribution is 5.82. The number of carbonyl (C=O) groups excluding carboxylic acids is 1. The molecule has 0 radical (unpaired) electrons. The minimum atomic E-state index is 0.144. The fourth-order valence-corrected chi connectivity index (χ4v) is 2.45. The molecule has 2 fully saturated rings. The van der Waals surface area contributed by atoms with Crippen molar-refractivity contribution in [2.45, 2.75) is 45.2 Å². The summed E-state index contributed by atoms with van der Waals surface area (Å²) in [4.78, 5) is 14.0. The van der Waals surface area contributed by atoms with Crippen molar-refractivity contribution in [3.05, 3.63) is 0 Å². The molecule has 1 saturated carbocycles. The molecule has 1 heterocycles. The number of rotatable bonds is 1. The first kappa shape index (κ1) is 9.97. The molecule has 14 heavy (non-hydrogen) atoms. The largest absolute Gasteiger partial charge is 0.340 e. The van der Waals surface area contributed by atoms with E-state index in [0.717, 1.165) is 31.7 Å². The maximum atomic E-state index is 11.9. The molecular formula is C11H20N2O. The number of carbonyl (C=O) groups is 1. The van der Waals surface area contributed by atoms with Crippen LogP contribution in [-0.2, 0) is 4.79 Å². The van der Waals surface area contributed by atoms with Crippen molar-refractivity contribution in [3.8, 4) is 0 Å². The van der Waals surface area contributed by atoms with Crippen molar-refractivity contribution >= 4 is 5.91 Å². The van der Waals surface area contributed by atoms with Crippen molar-refractivity contribution < 1.29 is 4.79 Å². The topological polar surface area (TPSA) is 46.3 Å². The average Bonchev–Trinajstić information content (AvgIpc) is 2.81. The average molecular weight is 196 g/mol. The number of piperidine rings is 1. The zero-order chi connectivity index (χ0) is 10.3. The molecule has 2 rings (SSSR count). The maximum Gasteiger partial charge on any atom is 0.227 e. The molecule has 2 N–H and O–H groups in total. The van der Waals surface area contributed by atoms with Gasteiger partial charge >= 0.3 is 0 Å². The Labute approximate surface area is 85.6 Å². The Morgan fingerprint density at radius 1 is 1.36 bits per heavy atom. The van der Waals surface area contributed by atoms with Crippen LogP contribution in [0, 0.1) is 11.8 Å². The van der Waals surface area contributed by atoms with Gasteiger partial charge in [-0.1, -0.05) is 6.92 Å². The van der Waals surface area contributed by atoms with Crippen LogP contribution in [-0.4, -0.2) is 29.4 Å². The van der Waals surface area contributed by atoms with Gasteiger partial charge in [-0.25, -0.2) is 0 Å². The van der Waals surface area contributed by atoms with Crippen LogP contribution in [0.3, 0.4) is 0 Å². The Morgan fingerprint density at radius 3 is 2.50 bits per heavy atom. The number of likely N-dealkylation sites (tertiary alicyclic amines) is 1. The molecule has 0 spiro atoms. The normalized spacial score (nSPS) is 42.4. The molecule has 4 unspecified atom stereocenters. The molecule has 3 nitrogen and oxygen atoms in total. The molecule has 1 aliphatic carbocycles. The van der Waals surface area contributed by atoms with E-state index in [9.17, 15) is 4.79 Å². The van der Waals surface area contributed by atoms with Gasteiger partial charge in [0.05, 0.1) is 5.92 Å². The molecule has 1 saturated heterocycles. The van der Waals surface area contributed by atoms with Crippen LogP contribution in [0.25, 0.3) is 0 Å². The van der Waals surface area contributed by atoms with Crippen LogP contribution in [0.15, 0.2) is 0 Å². The predicted molar refractivity (Wildman–Crippen MR) is 55.7 cm³/mol. The second kappa shape index (κ2) is 3.54. The summed E-state index contributed by atoms with van der Waals surface area (Å²) in [6.07, 6.45) is 3.20. The van der Waals surface area contributed by atoms with E-state index in [4.69, 9.17) is 5.73 Å². The zero-order valence-corrected chi connectivity index (χ0v) is 9.07. The first-order chi connectivity index (χ1) is 6.59. The molecule has 80 valence electrons. The Balaban J connectivity index is 1.94. The van der Waals surface area contributed by atoms with E-state index in [1.54, 1.807) is 0 Å². The molecule has 1 amide bonds. The van der Waals surface area contributed by atoms with Crippen molar-refractivity contribution in [2.75, 3.05) is 6.54 Å². The van der Waals surface area contributed by atoms with E-state index < -0.39 is 0 Å². The Hall–Kier alpha value is -0.570. The fraction of sp³-hybridized carbons (Fsp3) is 0.909. The van der Waals surface area contributed by atoms with Crippen LogP contribution >= 0.6 is 0 Å². The quantitative estimate of drug-likeness (QED) is 0.679. The number of amides is 1. The van der Waals surface area contributed by atoms with Crippen LogP contribution in [0.4, 0.5) is 0 Å². The van der Waals surface area contributed by atoms with Crippen LogP contribution in [0.2, 0.25) is 0 Å². The highest BCUT2D eigenvalue weighted by atomic mass is 16.2. The lowest BCUT2D eigenvalue weighted by atomic mass is 9.93. The third kappa shape index (κ3) is 1.78. The zero-order valence-electron chi connectivity index (χ0n) is 9.07. The lowest BCUT2D eigenvalue weighted by Gasteiger charge is -2.36. The molecule has 0 aromatic heterocycles. The fourth-order valence-electron chi connectivity index (χ4n) is 2.45. The summed E-state index contributed by atoms with van der Waals surface area (Å²) < 4.78 is 0. The minimum Gasteiger partial charge on any atom is -0.340 e. The third-order valence-corrected chi connectivity index (χ3v) is 3.58. The van der Waals surface area contributed by atoms with Gasteiger partial charge in [0.1, 0.15) is 0 Å². The lowest BCUT2D eigenvalue weighted by Crippen LogP contribution is -2.45. The minimum absolute atomic E-state index is 0.144. The number of hydrogen-bond donors (Lipinski definition) is 1. The summed E-state index contributed by atoms with van der Waals surface area (Å²) in [6.45, 7) is 5.35. The van der Waals surface area contributed by atoms with Crippen LogP contribution in [0.1, 0.15) is 33.1 Å². The van der Waals surface area contributed by atoms with E-state index in [1.807, 2.05) is 4.90 Å². The molecule has 3 heteroatoms. The molecule has 0 aromatic carbocycles. The van der Waals surface area contributed by atoms with E-state index >= 15 is 0 Å². The van der Waals surface area contributed by atoms with Gasteiger partial charge in [0.2, 0.25) is 5.91 Å². The second-order valence-corrected chi connectivity index (χ2v) is 5.02. The van der Waals surface area contributed by atoms with Crippen molar-refractivity contribution in [1.82, 2.24) is 4.90 Å². The first-order valence-corrected chi connectivity index (χ1v) is 5.65. The van der Waals surface area contributed by atoms with Gasteiger partial charge in [-0.05, 0) is 32.1 Å². The number of hydrogen-bond acceptors (Lipinski definition) is 2. The van der Waals surface area contributed by atoms with E-state index in [0.29, 0.717) is 11.9 Å². The van der Waals surface area contributed by atoms with Crippen LogP contribution < -0.4 is 5.73 Å². The summed E-state index contributed by atoms with van der Waals surface area (Å²) in [5.74, 6) is 1.21. The van der Waals surface area contributed by atoms with Crippen molar-refractivity contribution in [3.63, 3.8) is 0 Å². The van der Waals surface area contributed by atoms with Gasteiger partial charge in [-0.15, -0.1) is 0 Å². The third-order valence-electron chi connectivity index (χ3n) is 3.58. The maximum absolute atomic E-state index is 11.9. The Bertz CT molecular complexity index is 241. The molecule has 2 aliphatic rings. The lowest BCUT2D eigenvalue weighted by molar-refractivity contribution is -0.136. The monoisotopic (exact) mass is 196 g/mol. The van der Waals surface area contributed by atoms with Gasteiger partial charge in [0.15, 0.2) is 0 Å². The summed E-state index contributed by atoms with van der Waals surface area (Å²) >= 11 is 0. The predicted octanol–water partition coefficient (Wildman–Crippen LogP) is 0.981. The summed E-state index contributed by atoms with van der Waals surface area (Å²) in [7, 11) is 0. The standard InChI is InChI=1S/C11H20N2O/c1-7-3-4-13(8(2)5-7)11(14)9-6-10(9)12/h7-10H,3-6,12H2,1-2H3. The molecule has 4 atom stereocenters. The van der Waals surface area contributed by atoms with E-state index in [-0.39, 0.29) is 12.0 Å². The van der Waals surface area contributed by atoms with Gasteiger partial charge in [-0.3, -0.25) is 4.79 Å². The Kier molecular flexibility index (Phi) is 2.52. The SMILES string of the molecule is CC1CCN(C(=O)C2CC2N)C(C)C1. The molecule has 1 aliphatic heterocycles. The van der Waals surface area contributed by atoms with Gasteiger partial charge in [0.25, 0.3) is 0 Å². The van der Waals surface area contributed by atoms with Crippen molar-refractivity contribution in [2.24, 2.45) is 17.6 Å². The summed E-state index contributed by atoms with van der Waals surface area (Å²) in [5, 5.41) is 0. The van der Waals surface area contributed by atoms with Gasteiger partial charge in [0, 0.05) is 18.6 Å². The molecule has 0 aromatic rings. The first-order valence-electron chi connectivity index (χ1n) is 5.65. The summed E-state index contributed by atoms with van der Waals surface area (Å²) in [5.41, 5.74) is 5.70. The highest BCUT2D eigenvalue weighted by Crippen LogP contribution is 2.33. The van der Waals surface area contributed by atoms with E-state index in [2.05, 4.69) is 13.8 Å². The smallest absolute Gasteiger partial charge is 0.227 e. The van der Waals surface area contributed by atoms with E-state index in [1.165, 1.54) is 0 Å². The molecular weight excluding hydrogens is 176 g/mol. The second-order valence-electron chi connectivity index (χ2n) is 5.02. The van der Waals surface area contributed by atoms with Crippen molar-refractivity contribution in [1.29, 1.82) is 0 Å². The number of nitrogens with two attached hydrogens (primary N) is 1.